The zero-order valence-electron chi connectivity index (χ0n) is 18.1. The van der Waals surface area contributed by atoms with E-state index in [-0.39, 0.29) is 28.7 Å². The number of ether oxygens (including phenoxy) is 1. The van der Waals surface area contributed by atoms with Gasteiger partial charge < -0.3 is 15.0 Å². The molecule has 3 rings (SSSR count). The lowest BCUT2D eigenvalue weighted by molar-refractivity contribution is -0.135. The molecule has 1 aromatic carbocycles. The number of hydrogen-bond acceptors (Lipinski definition) is 5. The summed E-state index contributed by atoms with van der Waals surface area (Å²) in [5.41, 5.74) is 0.934. The molecule has 1 saturated carbocycles. The standard InChI is InChI=1S/C22H33N3O5S/c1-30-16-2-13-23-22(27)18-11-14-25(15-12-18)21(26)10-5-17-3-8-20(9-4-17)31(28,29)24-19-6-7-19/h3-4,8-9,18-19,24H,2,5-7,10-16H2,1H3,(H,23,27). The highest BCUT2D eigenvalue weighted by atomic mass is 32.2. The molecular weight excluding hydrogens is 418 g/mol. The number of amides is 2. The molecule has 172 valence electrons. The first-order valence-corrected chi connectivity index (χ1v) is 12.5. The molecule has 0 atom stereocenters. The Labute approximate surface area is 184 Å². The molecule has 1 saturated heterocycles. The van der Waals surface area contributed by atoms with Crippen LogP contribution in [0.1, 0.15) is 44.1 Å². The fourth-order valence-electron chi connectivity index (χ4n) is 3.70. The van der Waals surface area contributed by atoms with Crippen LogP contribution < -0.4 is 10.0 Å². The first kappa shape index (κ1) is 23.7. The molecule has 0 spiro atoms. The molecule has 1 heterocycles. The predicted octanol–water partition coefficient (Wildman–Crippen LogP) is 1.45. The lowest BCUT2D eigenvalue weighted by atomic mass is 9.95. The molecule has 2 N–H and O–H groups in total. The van der Waals surface area contributed by atoms with Crippen LogP contribution in [-0.2, 0) is 30.8 Å². The maximum Gasteiger partial charge on any atom is 0.240 e. The summed E-state index contributed by atoms with van der Waals surface area (Å²) >= 11 is 0. The highest BCUT2D eigenvalue weighted by Gasteiger charge is 2.28. The molecule has 8 nitrogen and oxygen atoms in total. The van der Waals surface area contributed by atoms with Crippen molar-refractivity contribution >= 4 is 21.8 Å². The van der Waals surface area contributed by atoms with Crippen molar-refractivity contribution in [3.63, 3.8) is 0 Å². The number of hydrogen-bond donors (Lipinski definition) is 2. The Morgan fingerprint density at radius 1 is 1.10 bits per heavy atom. The average molecular weight is 452 g/mol. The van der Waals surface area contributed by atoms with E-state index in [9.17, 15) is 18.0 Å². The summed E-state index contributed by atoms with van der Waals surface area (Å²) in [7, 11) is -1.81. The second-order valence-corrected chi connectivity index (χ2v) is 10.0. The molecule has 9 heteroatoms. The van der Waals surface area contributed by atoms with Crippen molar-refractivity contribution in [2.45, 2.75) is 55.9 Å². The Morgan fingerprint density at radius 2 is 1.77 bits per heavy atom. The zero-order chi connectivity index (χ0) is 22.3. The van der Waals surface area contributed by atoms with Gasteiger partial charge in [0.05, 0.1) is 4.90 Å². The van der Waals surface area contributed by atoms with E-state index >= 15 is 0 Å². The molecule has 0 aromatic heterocycles. The third-order valence-corrected chi connectivity index (χ3v) is 7.34. The fourth-order valence-corrected chi connectivity index (χ4v) is 5.00. The lowest BCUT2D eigenvalue weighted by Crippen LogP contribution is -2.43. The van der Waals surface area contributed by atoms with Gasteiger partial charge in [-0.2, -0.15) is 0 Å². The van der Waals surface area contributed by atoms with Gasteiger partial charge in [-0.3, -0.25) is 9.59 Å². The van der Waals surface area contributed by atoms with E-state index in [1.807, 2.05) is 4.90 Å². The highest BCUT2D eigenvalue weighted by molar-refractivity contribution is 7.89. The van der Waals surface area contributed by atoms with Gasteiger partial charge in [0.2, 0.25) is 21.8 Å². The van der Waals surface area contributed by atoms with Gasteiger partial charge in [-0.1, -0.05) is 12.1 Å². The van der Waals surface area contributed by atoms with Crippen LogP contribution in [0.25, 0.3) is 0 Å². The van der Waals surface area contributed by atoms with Crippen molar-refractivity contribution in [2.75, 3.05) is 33.4 Å². The maximum absolute atomic E-state index is 12.6. The van der Waals surface area contributed by atoms with Gasteiger partial charge in [0.15, 0.2) is 0 Å². The number of carbonyl (C=O) groups is 2. The summed E-state index contributed by atoms with van der Waals surface area (Å²) in [6, 6.07) is 6.82. The normalized spacial score (nSPS) is 17.5. The van der Waals surface area contributed by atoms with Gasteiger partial charge in [-0.05, 0) is 56.2 Å². The number of rotatable bonds is 11. The number of nitrogens with zero attached hydrogens (tertiary/aromatic N) is 1. The van der Waals surface area contributed by atoms with Crippen molar-refractivity contribution in [2.24, 2.45) is 5.92 Å². The second-order valence-electron chi connectivity index (χ2n) is 8.33. The number of aryl methyl sites for hydroxylation is 1. The minimum atomic E-state index is -3.45. The molecule has 0 unspecified atom stereocenters. The van der Waals surface area contributed by atoms with Gasteiger partial charge in [0.25, 0.3) is 0 Å². The van der Waals surface area contributed by atoms with E-state index in [0.29, 0.717) is 51.9 Å². The third-order valence-electron chi connectivity index (χ3n) is 5.80. The number of piperidine rings is 1. The third kappa shape index (κ3) is 7.29. The molecule has 1 aliphatic heterocycles. The number of benzene rings is 1. The van der Waals surface area contributed by atoms with Gasteiger partial charge in [-0.15, -0.1) is 0 Å². The molecular formula is C22H33N3O5S. The summed E-state index contributed by atoms with van der Waals surface area (Å²) in [6.45, 7) is 2.43. The maximum atomic E-state index is 12.6. The topological polar surface area (TPSA) is 105 Å². The quantitative estimate of drug-likeness (QED) is 0.496. The van der Waals surface area contributed by atoms with Gasteiger partial charge in [0.1, 0.15) is 0 Å². The van der Waals surface area contributed by atoms with Crippen LogP contribution in [0.5, 0.6) is 0 Å². The summed E-state index contributed by atoms with van der Waals surface area (Å²) in [4.78, 5) is 26.8. The molecule has 1 aromatic rings. The Balaban J connectivity index is 1.38. The van der Waals surface area contributed by atoms with Crippen LogP contribution in [0.4, 0.5) is 0 Å². The lowest BCUT2D eigenvalue weighted by Gasteiger charge is -2.31. The monoisotopic (exact) mass is 451 g/mol. The zero-order valence-corrected chi connectivity index (χ0v) is 19.0. The Kier molecular flexibility index (Phi) is 8.45. The number of sulfonamides is 1. The van der Waals surface area contributed by atoms with E-state index in [1.54, 1.807) is 31.4 Å². The van der Waals surface area contributed by atoms with Crippen molar-refractivity contribution in [3.05, 3.63) is 29.8 Å². The minimum absolute atomic E-state index is 0.0367. The molecule has 2 fully saturated rings. The van der Waals surface area contributed by atoms with E-state index in [0.717, 1.165) is 24.8 Å². The van der Waals surface area contributed by atoms with Gasteiger partial charge in [-0.25, -0.2) is 13.1 Å². The average Bonchev–Trinajstić information content (AvgIpc) is 3.58. The van der Waals surface area contributed by atoms with E-state index in [2.05, 4.69) is 10.0 Å². The van der Waals surface area contributed by atoms with Crippen LogP contribution in [0.2, 0.25) is 0 Å². The van der Waals surface area contributed by atoms with Crippen LogP contribution in [0.15, 0.2) is 29.2 Å². The van der Waals surface area contributed by atoms with Gasteiger partial charge >= 0.3 is 0 Å². The van der Waals surface area contributed by atoms with Crippen LogP contribution in [-0.4, -0.2) is 64.5 Å². The molecule has 1 aliphatic carbocycles. The highest BCUT2D eigenvalue weighted by Crippen LogP contribution is 2.23. The van der Waals surface area contributed by atoms with Gasteiger partial charge in [0, 0.05) is 51.7 Å². The Morgan fingerprint density at radius 3 is 2.39 bits per heavy atom. The summed E-state index contributed by atoms with van der Waals surface area (Å²) in [5.74, 6) is 0.103. The minimum Gasteiger partial charge on any atom is -0.385 e. The smallest absolute Gasteiger partial charge is 0.240 e. The van der Waals surface area contributed by atoms with Crippen molar-refractivity contribution < 1.29 is 22.7 Å². The van der Waals surface area contributed by atoms with Crippen LogP contribution >= 0.6 is 0 Å². The van der Waals surface area contributed by atoms with Crippen molar-refractivity contribution in [3.8, 4) is 0 Å². The molecule has 0 bridgehead atoms. The largest absolute Gasteiger partial charge is 0.385 e. The molecule has 2 amide bonds. The predicted molar refractivity (Wildman–Crippen MR) is 117 cm³/mol. The number of carbonyl (C=O) groups excluding carboxylic acids is 2. The fraction of sp³-hybridized carbons (Fsp3) is 0.636. The number of nitrogens with one attached hydrogen (secondary N) is 2. The Bertz CT molecular complexity index is 844. The SMILES string of the molecule is COCCCNC(=O)C1CCN(C(=O)CCc2ccc(S(=O)(=O)NC3CC3)cc2)CC1. The first-order valence-electron chi connectivity index (χ1n) is 11.0. The Hall–Kier alpha value is -1.97. The number of methoxy groups -OCH3 is 1. The molecule has 0 radical (unpaired) electrons. The summed E-state index contributed by atoms with van der Waals surface area (Å²) in [6.07, 6.45) is 4.90. The summed E-state index contributed by atoms with van der Waals surface area (Å²) in [5, 5.41) is 2.94. The van der Waals surface area contributed by atoms with Crippen LogP contribution in [0, 0.1) is 5.92 Å². The van der Waals surface area contributed by atoms with Crippen molar-refractivity contribution in [1.82, 2.24) is 14.9 Å². The summed E-state index contributed by atoms with van der Waals surface area (Å²) < 4.78 is 32.1. The van der Waals surface area contributed by atoms with Crippen molar-refractivity contribution in [1.29, 1.82) is 0 Å². The van der Waals surface area contributed by atoms with E-state index in [1.165, 1.54) is 0 Å². The van der Waals surface area contributed by atoms with E-state index in [4.69, 9.17) is 4.74 Å². The molecule has 31 heavy (non-hydrogen) atoms. The van der Waals surface area contributed by atoms with Crippen LogP contribution in [0.3, 0.4) is 0 Å². The first-order chi connectivity index (χ1) is 14.9. The number of likely N-dealkylation sites (tertiary alicyclic amines) is 1. The second kappa shape index (κ2) is 11.1. The van der Waals surface area contributed by atoms with E-state index < -0.39 is 10.0 Å². The molecule has 2 aliphatic rings.